The van der Waals surface area contributed by atoms with Crippen LogP contribution in [0.4, 0.5) is 0 Å². The molecule has 0 aliphatic carbocycles. The van der Waals surface area contributed by atoms with Gasteiger partial charge in [-0.1, -0.05) is 54.6 Å². The molecule has 0 aliphatic heterocycles. The van der Waals surface area contributed by atoms with Crippen molar-refractivity contribution in [3.05, 3.63) is 84.2 Å². The van der Waals surface area contributed by atoms with Crippen LogP contribution in [-0.2, 0) is 0 Å². The predicted octanol–water partition coefficient (Wildman–Crippen LogP) is 7.20. The number of hydrogen-bond acceptors (Lipinski definition) is 5. The van der Waals surface area contributed by atoms with E-state index in [0.29, 0.717) is 11.0 Å². The first-order valence-electron chi connectivity index (χ1n) is 10.5. The average Bonchev–Trinajstić information content (AvgIpc) is 3.24. The smallest absolute Gasteiger partial charge is 0.177 e. The fourth-order valence-corrected chi connectivity index (χ4v) is 6.02. The molecule has 0 saturated carbocycles. The minimum Gasteiger partial charge on any atom is -0.232 e. The van der Waals surface area contributed by atoms with Crippen molar-refractivity contribution in [2.45, 2.75) is 0 Å². The van der Waals surface area contributed by atoms with Gasteiger partial charge in [-0.25, -0.2) is 9.97 Å². The standard InChI is InChI=1S/C28H12N4S/c29-13-22-23(14-30)32-28-26-16-6-2-1-5-15(16)9-10-18(26)19-11-20-17-7-3-4-8-24(17)33-25(20)12-21(19)27(28)31-22/h1-12H. The van der Waals surface area contributed by atoms with Crippen LogP contribution >= 0.6 is 11.3 Å². The normalized spacial score (nSPS) is 11.6. The lowest BCUT2D eigenvalue weighted by Gasteiger charge is -2.12. The molecule has 5 aromatic carbocycles. The zero-order chi connectivity index (χ0) is 22.1. The van der Waals surface area contributed by atoms with Crippen molar-refractivity contribution < 1.29 is 0 Å². The fourth-order valence-electron chi connectivity index (χ4n) is 4.89. The molecule has 0 fully saturated rings. The highest BCUT2D eigenvalue weighted by molar-refractivity contribution is 7.25. The van der Waals surface area contributed by atoms with Gasteiger partial charge in [0.1, 0.15) is 12.1 Å². The molecule has 0 unspecified atom stereocenters. The van der Waals surface area contributed by atoms with Crippen LogP contribution in [0, 0.1) is 22.7 Å². The lowest BCUT2D eigenvalue weighted by Crippen LogP contribution is -1.98. The minimum absolute atomic E-state index is 0.0570. The van der Waals surface area contributed by atoms with Gasteiger partial charge in [-0.2, -0.15) is 10.5 Å². The average molecular weight is 436 g/mol. The second-order valence-corrected chi connectivity index (χ2v) is 9.13. The molecule has 0 saturated heterocycles. The molecule has 0 atom stereocenters. The Kier molecular flexibility index (Phi) is 3.53. The number of nitriles is 2. The first-order valence-corrected chi connectivity index (χ1v) is 11.3. The minimum atomic E-state index is 0.0570. The van der Waals surface area contributed by atoms with Crippen LogP contribution < -0.4 is 0 Å². The highest BCUT2D eigenvalue weighted by atomic mass is 32.1. The van der Waals surface area contributed by atoms with E-state index in [-0.39, 0.29) is 11.4 Å². The Morgan fingerprint density at radius 3 is 2.12 bits per heavy atom. The number of fused-ring (bicyclic) bond motifs is 11. The monoisotopic (exact) mass is 436 g/mol. The molecule has 7 rings (SSSR count). The first-order chi connectivity index (χ1) is 16.3. The van der Waals surface area contributed by atoms with Crippen LogP contribution in [-0.4, -0.2) is 9.97 Å². The van der Waals surface area contributed by atoms with Crippen molar-refractivity contribution in [2.24, 2.45) is 0 Å². The highest BCUT2D eigenvalue weighted by Crippen LogP contribution is 2.42. The quantitative estimate of drug-likeness (QED) is 0.236. The lowest BCUT2D eigenvalue weighted by molar-refractivity contribution is 1.21. The number of aromatic nitrogens is 2. The summed E-state index contributed by atoms with van der Waals surface area (Å²) >= 11 is 1.75. The van der Waals surface area contributed by atoms with Crippen LogP contribution in [0.3, 0.4) is 0 Å². The summed E-state index contributed by atoms with van der Waals surface area (Å²) in [5, 5.41) is 27.9. The van der Waals surface area contributed by atoms with E-state index in [9.17, 15) is 10.5 Å². The number of rotatable bonds is 0. The Bertz CT molecular complexity index is 2060. The molecule has 5 heteroatoms. The van der Waals surface area contributed by atoms with Gasteiger partial charge in [-0.15, -0.1) is 11.3 Å². The summed E-state index contributed by atoms with van der Waals surface area (Å²) in [4.78, 5) is 9.34. The molecule has 2 heterocycles. The highest BCUT2D eigenvalue weighted by Gasteiger charge is 2.18. The maximum atomic E-state index is 9.63. The largest absolute Gasteiger partial charge is 0.232 e. The maximum absolute atomic E-state index is 9.63. The van der Waals surface area contributed by atoms with E-state index in [4.69, 9.17) is 0 Å². The number of hydrogen-bond donors (Lipinski definition) is 0. The molecule has 2 aromatic heterocycles. The Morgan fingerprint density at radius 1 is 0.576 bits per heavy atom. The third-order valence-corrected chi connectivity index (χ3v) is 7.47. The SMILES string of the molecule is N#Cc1nc2c3cc4sc5ccccc5c4cc3c3ccc4ccccc4c3c2nc1C#N. The zero-order valence-corrected chi connectivity index (χ0v) is 17.9. The van der Waals surface area contributed by atoms with Crippen molar-refractivity contribution in [3.63, 3.8) is 0 Å². The molecule has 0 aliphatic rings. The second kappa shape index (κ2) is 6.46. The molecular formula is C28H12N4S. The van der Waals surface area contributed by atoms with Gasteiger partial charge in [0.15, 0.2) is 11.4 Å². The zero-order valence-electron chi connectivity index (χ0n) is 17.1. The van der Waals surface area contributed by atoms with Crippen molar-refractivity contribution >= 4 is 74.9 Å². The molecule has 0 N–H and O–H groups in total. The van der Waals surface area contributed by atoms with E-state index >= 15 is 0 Å². The van der Waals surface area contributed by atoms with Crippen molar-refractivity contribution in [2.75, 3.05) is 0 Å². The summed E-state index contributed by atoms with van der Waals surface area (Å²) < 4.78 is 2.40. The molecule has 150 valence electrons. The molecule has 0 radical (unpaired) electrons. The van der Waals surface area contributed by atoms with Gasteiger partial charge in [0, 0.05) is 30.9 Å². The number of nitrogens with zero attached hydrogens (tertiary/aromatic N) is 4. The second-order valence-electron chi connectivity index (χ2n) is 8.04. The predicted molar refractivity (Wildman–Crippen MR) is 134 cm³/mol. The summed E-state index contributed by atoms with van der Waals surface area (Å²) in [5.74, 6) is 0. The Balaban J connectivity index is 1.83. The van der Waals surface area contributed by atoms with Crippen LogP contribution in [0.5, 0.6) is 0 Å². The van der Waals surface area contributed by atoms with Crippen molar-refractivity contribution in [1.82, 2.24) is 9.97 Å². The molecule has 0 spiro atoms. The Morgan fingerprint density at radius 2 is 1.30 bits per heavy atom. The Labute approximate surface area is 191 Å². The van der Waals surface area contributed by atoms with Crippen LogP contribution in [0.2, 0.25) is 0 Å². The van der Waals surface area contributed by atoms with Crippen LogP contribution in [0.1, 0.15) is 11.4 Å². The summed E-state index contributed by atoms with van der Waals surface area (Å²) in [5.41, 5.74) is 1.43. The lowest BCUT2D eigenvalue weighted by atomic mass is 9.94. The van der Waals surface area contributed by atoms with Gasteiger partial charge in [0.2, 0.25) is 0 Å². The first kappa shape index (κ1) is 18.0. The molecule has 7 aromatic rings. The van der Waals surface area contributed by atoms with Crippen molar-refractivity contribution in [3.8, 4) is 12.1 Å². The van der Waals surface area contributed by atoms with Gasteiger partial charge < -0.3 is 0 Å². The number of benzene rings is 5. The third-order valence-electron chi connectivity index (χ3n) is 6.34. The molecule has 4 nitrogen and oxygen atoms in total. The molecule has 33 heavy (non-hydrogen) atoms. The van der Waals surface area contributed by atoms with E-state index in [1.807, 2.05) is 12.1 Å². The molecular weight excluding hydrogens is 424 g/mol. The summed E-state index contributed by atoms with van der Waals surface area (Å²) in [6.45, 7) is 0. The van der Waals surface area contributed by atoms with Crippen LogP contribution in [0.25, 0.3) is 63.5 Å². The van der Waals surface area contributed by atoms with E-state index in [1.165, 1.54) is 15.5 Å². The number of thiophene rings is 1. The summed E-state index contributed by atoms with van der Waals surface area (Å²) in [6, 6.07) is 29.4. The van der Waals surface area contributed by atoms with E-state index in [1.54, 1.807) is 11.3 Å². The Hall–Kier alpha value is -4.58. The van der Waals surface area contributed by atoms with Crippen molar-refractivity contribution in [1.29, 1.82) is 10.5 Å². The van der Waals surface area contributed by atoms with Gasteiger partial charge in [0.05, 0.1) is 11.0 Å². The molecule has 0 bridgehead atoms. The fraction of sp³-hybridized carbons (Fsp3) is 0. The van der Waals surface area contributed by atoms with Gasteiger partial charge in [-0.3, -0.25) is 0 Å². The van der Waals surface area contributed by atoms with Gasteiger partial charge in [-0.05, 0) is 39.7 Å². The topological polar surface area (TPSA) is 73.4 Å². The summed E-state index contributed by atoms with van der Waals surface area (Å²) in [7, 11) is 0. The van der Waals surface area contributed by atoms with Gasteiger partial charge in [0.25, 0.3) is 0 Å². The summed E-state index contributed by atoms with van der Waals surface area (Å²) in [6.07, 6.45) is 0. The van der Waals surface area contributed by atoms with E-state index < -0.39 is 0 Å². The van der Waals surface area contributed by atoms with Gasteiger partial charge >= 0.3 is 0 Å². The third kappa shape index (κ3) is 2.37. The maximum Gasteiger partial charge on any atom is 0.177 e. The van der Waals surface area contributed by atoms with Crippen LogP contribution in [0.15, 0.2) is 72.8 Å². The molecule has 0 amide bonds. The van der Waals surface area contributed by atoms with E-state index in [0.717, 1.165) is 37.0 Å². The van der Waals surface area contributed by atoms with E-state index in [2.05, 4.69) is 82.8 Å².